The Labute approximate surface area is 474 Å². The molecule has 12 rings (SSSR count). The van der Waals surface area contributed by atoms with E-state index in [0.29, 0.717) is 0 Å². The zero-order valence-corrected chi connectivity index (χ0v) is 45.1. The zero-order valence-electron chi connectivity index (χ0n) is 45.1. The summed E-state index contributed by atoms with van der Waals surface area (Å²) >= 11 is 0. The summed E-state index contributed by atoms with van der Waals surface area (Å²) in [7, 11) is 0. The average molecular weight is 1030 g/mol. The lowest BCUT2D eigenvalue weighted by molar-refractivity contribution is 0.673. The second kappa shape index (κ2) is 25.5. The van der Waals surface area contributed by atoms with Crippen molar-refractivity contribution in [3.05, 3.63) is 431 Å². The van der Waals surface area contributed by atoms with Gasteiger partial charge < -0.3 is 0 Å². The molecular formula is C80H64. The number of rotatable bonds is 14. The molecule has 2 aliphatic carbocycles. The van der Waals surface area contributed by atoms with E-state index in [4.69, 9.17) is 0 Å². The Morgan fingerprint density at radius 3 is 0.637 bits per heavy atom. The van der Waals surface area contributed by atoms with E-state index in [0.717, 1.165) is 12.8 Å². The third-order valence-electron chi connectivity index (χ3n) is 15.2. The fourth-order valence-electron chi connectivity index (χ4n) is 11.0. The molecule has 0 radical (unpaired) electrons. The first-order chi connectivity index (χ1) is 39.6. The van der Waals surface area contributed by atoms with Crippen molar-refractivity contribution in [3.8, 4) is 0 Å². The molecule has 10 aromatic carbocycles. The van der Waals surface area contributed by atoms with Crippen LogP contribution in [0, 0.1) is 0 Å². The molecule has 0 fully saturated rings. The molecule has 384 valence electrons. The highest BCUT2D eigenvalue weighted by molar-refractivity contribution is 5.85. The minimum atomic E-state index is -0.265. The Hall–Kier alpha value is -9.88. The van der Waals surface area contributed by atoms with Crippen LogP contribution in [0.1, 0.15) is 68.5 Å². The van der Waals surface area contributed by atoms with Crippen molar-refractivity contribution in [3.63, 3.8) is 0 Å². The molecule has 2 atom stereocenters. The lowest BCUT2D eigenvalue weighted by Crippen LogP contribution is -2.23. The Kier molecular flexibility index (Phi) is 16.6. The lowest BCUT2D eigenvalue weighted by atomic mass is 9.72. The number of hydrogen-bond acceptors (Lipinski definition) is 0. The van der Waals surface area contributed by atoms with E-state index < -0.39 is 0 Å². The largest absolute Gasteiger partial charge is 0.0757 e. The number of hydrogen-bond donors (Lipinski definition) is 0. The maximum atomic E-state index is 2.47. The molecule has 0 heterocycles. The molecule has 2 aliphatic rings. The van der Waals surface area contributed by atoms with Crippen LogP contribution >= 0.6 is 0 Å². The summed E-state index contributed by atoms with van der Waals surface area (Å²) in [5.41, 5.74) is 19.2. The molecule has 0 N–H and O–H groups in total. The third kappa shape index (κ3) is 12.6. The van der Waals surface area contributed by atoms with Crippen molar-refractivity contribution in [2.24, 2.45) is 0 Å². The fraction of sp³-hybridized carbons (Fsp3) is 0.0500. The average Bonchev–Trinajstić information content (AvgIpc) is 3.56. The van der Waals surface area contributed by atoms with Gasteiger partial charge in [0.05, 0.1) is 0 Å². The Bertz CT molecular complexity index is 3410. The third-order valence-corrected chi connectivity index (χ3v) is 15.2. The minimum Gasteiger partial charge on any atom is -0.0757 e. The van der Waals surface area contributed by atoms with Crippen molar-refractivity contribution in [2.75, 3.05) is 0 Å². The van der Waals surface area contributed by atoms with Crippen molar-refractivity contribution in [1.82, 2.24) is 0 Å². The predicted octanol–water partition coefficient (Wildman–Crippen LogP) is 20.1. The summed E-state index contributed by atoms with van der Waals surface area (Å²) in [4.78, 5) is 0. The van der Waals surface area contributed by atoms with Gasteiger partial charge in [0.2, 0.25) is 0 Å². The van der Waals surface area contributed by atoms with Crippen LogP contribution in [0.4, 0.5) is 0 Å². The SMILES string of the molecule is C1=CC(C=C(c2ccccc2)c2ccccc2)(c2ccccc2)CC=C1C=C(c1ccccc1)c1ccccc1.C1=CC(C=C(c2ccccc2)c2ccccc2)(c2ccccc2)CC=C1C=C(c1ccccc1)c1ccccc1. The van der Waals surface area contributed by atoms with E-state index in [-0.39, 0.29) is 10.8 Å². The molecule has 0 amide bonds. The Balaban J connectivity index is 0.000000169. The zero-order chi connectivity index (χ0) is 54.1. The minimum absolute atomic E-state index is 0.265. The van der Waals surface area contributed by atoms with Gasteiger partial charge in [-0.25, -0.2) is 0 Å². The molecule has 0 bridgehead atoms. The summed E-state index contributed by atoms with van der Waals surface area (Å²) < 4.78 is 0. The maximum Gasteiger partial charge on any atom is 0.0359 e. The second-order valence-corrected chi connectivity index (χ2v) is 20.5. The van der Waals surface area contributed by atoms with Crippen LogP contribution < -0.4 is 0 Å². The molecular weight excluding hydrogens is 961 g/mol. The van der Waals surface area contributed by atoms with Crippen LogP contribution in [-0.2, 0) is 10.8 Å². The molecule has 80 heavy (non-hydrogen) atoms. The fourth-order valence-corrected chi connectivity index (χ4v) is 11.0. The number of benzene rings is 10. The van der Waals surface area contributed by atoms with Gasteiger partial charge in [0, 0.05) is 10.8 Å². The highest BCUT2D eigenvalue weighted by Crippen LogP contribution is 2.43. The molecule has 0 spiro atoms. The van der Waals surface area contributed by atoms with Gasteiger partial charge in [0.1, 0.15) is 0 Å². The standard InChI is InChI=1S/2C40H32/c2*1-6-16-33(17-7-1)38(34-18-8-2-9-19-34)30-32-26-28-40(29-27-32,37-24-14-5-15-25-37)31-39(35-20-10-3-11-21-35)36-22-12-4-13-23-36/h2*1-28,30-31H,29H2. The second-order valence-electron chi connectivity index (χ2n) is 20.5. The van der Waals surface area contributed by atoms with E-state index in [1.807, 2.05) is 0 Å². The Morgan fingerprint density at radius 2 is 0.438 bits per heavy atom. The molecule has 0 nitrogen and oxygen atoms in total. The predicted molar refractivity (Wildman–Crippen MR) is 340 cm³/mol. The van der Waals surface area contributed by atoms with Crippen LogP contribution in [0.25, 0.3) is 22.3 Å². The lowest BCUT2D eigenvalue weighted by Gasteiger charge is -2.31. The molecule has 0 saturated carbocycles. The van der Waals surface area contributed by atoms with E-state index >= 15 is 0 Å². The molecule has 0 aliphatic heterocycles. The maximum absolute atomic E-state index is 2.47. The smallest absolute Gasteiger partial charge is 0.0359 e. The summed E-state index contributed by atoms with van der Waals surface area (Å²) in [6.07, 6.45) is 25.5. The summed E-state index contributed by atoms with van der Waals surface area (Å²) in [6.45, 7) is 0. The Morgan fingerprint density at radius 1 is 0.237 bits per heavy atom. The van der Waals surface area contributed by atoms with E-state index in [1.54, 1.807) is 0 Å². The van der Waals surface area contributed by atoms with E-state index in [9.17, 15) is 0 Å². The molecule has 0 saturated heterocycles. The van der Waals surface area contributed by atoms with Crippen molar-refractivity contribution >= 4 is 22.3 Å². The molecule has 0 aromatic heterocycles. The summed E-state index contributed by atoms with van der Waals surface area (Å²) in [5.74, 6) is 0. The number of allylic oxidation sites excluding steroid dienone is 12. The quantitative estimate of drug-likeness (QED) is 0.102. The topological polar surface area (TPSA) is 0 Å². The van der Waals surface area contributed by atoms with Gasteiger partial charge in [-0.1, -0.05) is 352 Å². The summed E-state index contributed by atoms with van der Waals surface area (Å²) in [6, 6.07) is 107. The summed E-state index contributed by atoms with van der Waals surface area (Å²) in [5, 5.41) is 0. The van der Waals surface area contributed by atoms with Gasteiger partial charge in [0.25, 0.3) is 0 Å². The van der Waals surface area contributed by atoms with Crippen LogP contribution in [-0.4, -0.2) is 0 Å². The van der Waals surface area contributed by atoms with E-state index in [1.165, 1.54) is 89.1 Å². The van der Waals surface area contributed by atoms with Crippen molar-refractivity contribution in [2.45, 2.75) is 23.7 Å². The highest BCUT2D eigenvalue weighted by Gasteiger charge is 2.31. The van der Waals surface area contributed by atoms with Gasteiger partial charge in [-0.15, -0.1) is 0 Å². The van der Waals surface area contributed by atoms with Crippen LogP contribution in [0.3, 0.4) is 0 Å². The van der Waals surface area contributed by atoms with Crippen molar-refractivity contribution in [1.29, 1.82) is 0 Å². The van der Waals surface area contributed by atoms with Crippen LogP contribution in [0.5, 0.6) is 0 Å². The van der Waals surface area contributed by atoms with Crippen LogP contribution in [0.2, 0.25) is 0 Å². The monoisotopic (exact) mass is 1020 g/mol. The van der Waals surface area contributed by atoms with Gasteiger partial charge >= 0.3 is 0 Å². The van der Waals surface area contributed by atoms with E-state index in [2.05, 4.69) is 364 Å². The van der Waals surface area contributed by atoms with Gasteiger partial charge in [-0.3, -0.25) is 0 Å². The first-order valence-electron chi connectivity index (χ1n) is 27.8. The normalized spacial score (nSPS) is 16.1. The van der Waals surface area contributed by atoms with Gasteiger partial charge in [-0.2, -0.15) is 0 Å². The first kappa shape index (κ1) is 52.2. The highest BCUT2D eigenvalue weighted by atomic mass is 14.3. The van der Waals surface area contributed by atoms with Crippen LogP contribution in [0.15, 0.2) is 375 Å². The molecule has 10 aromatic rings. The molecule has 2 unspecified atom stereocenters. The van der Waals surface area contributed by atoms with Gasteiger partial charge in [0.15, 0.2) is 0 Å². The molecule has 0 heteroatoms. The first-order valence-corrected chi connectivity index (χ1v) is 27.8. The van der Waals surface area contributed by atoms with Crippen molar-refractivity contribution < 1.29 is 0 Å². The van der Waals surface area contributed by atoms with Gasteiger partial charge in [-0.05, 0) is 114 Å².